The van der Waals surface area contributed by atoms with Gasteiger partial charge in [0.2, 0.25) is 0 Å². The first-order valence-corrected chi connectivity index (χ1v) is 9.90. The Balaban J connectivity index is 0.00000121. The summed E-state index contributed by atoms with van der Waals surface area (Å²) >= 11 is 13.6. The molecule has 122 valence electrons. The normalized spacial score (nSPS) is 10.8. The van der Waals surface area contributed by atoms with Gasteiger partial charge < -0.3 is 20.2 Å². The van der Waals surface area contributed by atoms with Crippen LogP contribution in [0.2, 0.25) is 0 Å². The monoisotopic (exact) mass is 620 g/mol. The first kappa shape index (κ1) is 23.3. The minimum Gasteiger partial charge on any atom is -0.871 e. The fraction of sp³-hybridized carbons (Fsp3) is 0. The minimum atomic E-state index is -0.217. The molecule has 4 aromatic rings. The summed E-state index contributed by atoms with van der Waals surface area (Å²) in [6, 6.07) is 7.17. The van der Waals surface area contributed by atoms with E-state index in [1.54, 1.807) is 12.1 Å². The Morgan fingerprint density at radius 1 is 0.615 bits per heavy atom. The first-order chi connectivity index (χ1) is 11.4. The summed E-state index contributed by atoms with van der Waals surface area (Å²) < 4.78 is 3.08. The molecular weight excluding hydrogens is 618 g/mol. The number of benzene rings is 2. The number of hydrogen-bond acceptors (Lipinski definition) is 2. The molecule has 0 radical (unpaired) electrons. The Hall–Kier alpha value is 1.04. The molecule has 2 aromatic carbocycles. The molecule has 2 aromatic heterocycles. The number of nitrogens with one attached hydrogen (secondary N) is 2. The van der Waals surface area contributed by atoms with Crippen LogP contribution in [0.1, 0.15) is 0 Å². The van der Waals surface area contributed by atoms with Crippen molar-refractivity contribution in [1.82, 2.24) is 9.97 Å². The third kappa shape index (κ3) is 3.88. The average Bonchev–Trinajstić information content (AvgIpc) is 2.99. The molecule has 0 saturated carbocycles. The molecule has 0 fully saturated rings. The van der Waals surface area contributed by atoms with Crippen molar-refractivity contribution in [2.45, 2.75) is 0 Å². The van der Waals surface area contributed by atoms with Crippen molar-refractivity contribution in [3.63, 3.8) is 0 Å². The molecule has 10 heteroatoms. The van der Waals surface area contributed by atoms with E-state index >= 15 is 0 Å². The Bertz CT molecular complexity index is 1050. The van der Waals surface area contributed by atoms with Crippen LogP contribution in [-0.2, 0) is 0 Å². The van der Waals surface area contributed by atoms with Gasteiger partial charge in [-0.3, -0.25) is 0 Å². The topological polar surface area (TPSA) is 77.7 Å². The summed E-state index contributed by atoms with van der Waals surface area (Å²) in [5.74, 6) is -0.434. The van der Waals surface area contributed by atoms with E-state index in [0.29, 0.717) is 21.8 Å². The van der Waals surface area contributed by atoms with Crippen molar-refractivity contribution in [2.24, 2.45) is 0 Å². The molecular formula is C16H6Br4N2Na2O2. The summed E-state index contributed by atoms with van der Waals surface area (Å²) in [7, 11) is 0. The van der Waals surface area contributed by atoms with Crippen molar-refractivity contribution in [3.8, 4) is 22.9 Å². The largest absolute Gasteiger partial charge is 1.00 e. The molecule has 0 aliphatic rings. The number of hydrogen-bond donors (Lipinski definition) is 2. The molecule has 0 saturated heterocycles. The standard InChI is InChI=1S/C16H8Br4N2O2.2Na/c17-5-1-7-11(9(19)3-5)21-13(15(7)23)14-16(24)8-2-6(18)4-10(20)12(8)22-14;;/h1-4,21-24H;;/q;2*+1/p-2. The molecule has 2 N–H and O–H groups in total. The predicted octanol–water partition coefficient (Wildman–Crippen LogP) is -0.479. The van der Waals surface area contributed by atoms with Gasteiger partial charge in [0.05, 0.1) is 22.4 Å². The van der Waals surface area contributed by atoms with E-state index in [4.69, 9.17) is 0 Å². The van der Waals surface area contributed by atoms with Gasteiger partial charge in [-0.15, -0.1) is 0 Å². The molecule has 0 atom stereocenters. The van der Waals surface area contributed by atoms with E-state index in [9.17, 15) is 10.2 Å². The van der Waals surface area contributed by atoms with Gasteiger partial charge in [-0.1, -0.05) is 43.4 Å². The smallest absolute Gasteiger partial charge is 0.871 e. The van der Waals surface area contributed by atoms with Crippen LogP contribution in [0.4, 0.5) is 0 Å². The fourth-order valence-corrected chi connectivity index (χ4v) is 5.39. The SMILES string of the molecule is [Na+].[Na+].[O-]c1c(-c2[nH]c3c(Br)cc(Br)cc3c2[O-])[nH]c2c(Br)cc(Br)cc12. The second kappa shape index (κ2) is 8.81. The van der Waals surface area contributed by atoms with Crippen LogP contribution in [0.25, 0.3) is 33.2 Å². The van der Waals surface area contributed by atoms with Crippen LogP contribution >= 0.6 is 63.7 Å². The maximum Gasteiger partial charge on any atom is 1.00 e. The third-order valence-electron chi connectivity index (χ3n) is 3.80. The molecule has 0 aliphatic heterocycles. The summed E-state index contributed by atoms with van der Waals surface area (Å²) in [6.07, 6.45) is 0. The zero-order chi connectivity index (χ0) is 17.2. The van der Waals surface area contributed by atoms with E-state index in [1.165, 1.54) is 0 Å². The van der Waals surface area contributed by atoms with Crippen molar-refractivity contribution >= 4 is 85.5 Å². The van der Waals surface area contributed by atoms with Gasteiger partial charge in [-0.2, -0.15) is 0 Å². The zero-order valence-corrected chi connectivity index (χ0v) is 24.0. The quantitative estimate of drug-likeness (QED) is 0.281. The van der Waals surface area contributed by atoms with E-state index < -0.39 is 0 Å². The van der Waals surface area contributed by atoms with Crippen molar-refractivity contribution in [1.29, 1.82) is 0 Å². The maximum atomic E-state index is 12.8. The second-order valence-corrected chi connectivity index (χ2v) is 8.82. The molecule has 0 aliphatic carbocycles. The van der Waals surface area contributed by atoms with Crippen LogP contribution in [0.5, 0.6) is 11.5 Å². The molecule has 2 heterocycles. The molecule has 0 bridgehead atoms. The molecule has 4 nitrogen and oxygen atoms in total. The summed E-state index contributed by atoms with van der Waals surface area (Å²) in [4.78, 5) is 6.15. The number of fused-ring (bicyclic) bond motifs is 2. The number of rotatable bonds is 1. The second-order valence-electron chi connectivity index (χ2n) is 5.28. The molecule has 26 heavy (non-hydrogen) atoms. The van der Waals surface area contributed by atoms with E-state index in [2.05, 4.69) is 73.7 Å². The Morgan fingerprint density at radius 2 is 0.962 bits per heavy atom. The van der Waals surface area contributed by atoms with Gasteiger partial charge in [-0.25, -0.2) is 0 Å². The van der Waals surface area contributed by atoms with Gasteiger partial charge in [-0.05, 0) is 66.9 Å². The molecule has 4 rings (SSSR count). The van der Waals surface area contributed by atoms with Crippen LogP contribution in [0.3, 0.4) is 0 Å². The Kier molecular flexibility index (Phi) is 7.91. The Labute approximate surface area is 226 Å². The van der Waals surface area contributed by atoms with Gasteiger partial charge >= 0.3 is 59.1 Å². The fourth-order valence-electron chi connectivity index (χ4n) is 2.74. The van der Waals surface area contributed by atoms with Crippen LogP contribution in [0, 0.1) is 0 Å². The van der Waals surface area contributed by atoms with Gasteiger partial charge in [0.15, 0.2) is 0 Å². The van der Waals surface area contributed by atoms with Crippen LogP contribution in [-0.4, -0.2) is 9.97 Å². The Morgan fingerprint density at radius 3 is 1.31 bits per heavy atom. The zero-order valence-electron chi connectivity index (χ0n) is 13.6. The minimum absolute atomic E-state index is 0. The number of halogens is 4. The van der Waals surface area contributed by atoms with E-state index in [1.807, 2.05) is 12.1 Å². The molecule has 0 amide bonds. The number of aromatic nitrogens is 2. The van der Waals surface area contributed by atoms with Crippen molar-refractivity contribution in [2.75, 3.05) is 0 Å². The summed E-state index contributed by atoms with van der Waals surface area (Å²) in [5, 5.41) is 26.6. The van der Waals surface area contributed by atoms with Gasteiger partial charge in [0.25, 0.3) is 0 Å². The van der Waals surface area contributed by atoms with E-state index in [-0.39, 0.29) is 82.0 Å². The van der Waals surface area contributed by atoms with Crippen LogP contribution in [0.15, 0.2) is 42.2 Å². The summed E-state index contributed by atoms with van der Waals surface area (Å²) in [6.45, 7) is 0. The number of aromatic amines is 2. The van der Waals surface area contributed by atoms with Gasteiger partial charge in [0.1, 0.15) is 0 Å². The number of H-pyrrole nitrogens is 2. The summed E-state index contributed by atoms with van der Waals surface area (Å²) in [5.41, 5.74) is 1.84. The van der Waals surface area contributed by atoms with Crippen LogP contribution < -0.4 is 69.3 Å². The maximum absolute atomic E-state index is 12.8. The predicted molar refractivity (Wildman–Crippen MR) is 105 cm³/mol. The van der Waals surface area contributed by atoms with Crippen molar-refractivity contribution < 1.29 is 69.3 Å². The molecule has 0 spiro atoms. The molecule has 0 unspecified atom stereocenters. The third-order valence-corrected chi connectivity index (χ3v) is 5.97. The van der Waals surface area contributed by atoms with Crippen molar-refractivity contribution in [3.05, 3.63) is 42.2 Å². The van der Waals surface area contributed by atoms with Gasteiger partial charge in [0, 0.05) is 17.9 Å². The first-order valence-electron chi connectivity index (χ1n) is 6.72. The average molecular weight is 624 g/mol. The van der Waals surface area contributed by atoms with E-state index in [0.717, 1.165) is 17.9 Å².